The van der Waals surface area contributed by atoms with Gasteiger partial charge in [0.05, 0.1) is 11.7 Å². The molecule has 3 nitrogen and oxygen atoms in total. The summed E-state index contributed by atoms with van der Waals surface area (Å²) >= 11 is 0. The fourth-order valence-electron chi connectivity index (χ4n) is 2.21. The first-order valence-electron chi connectivity index (χ1n) is 5.79. The zero-order valence-corrected chi connectivity index (χ0v) is 10.1. The van der Waals surface area contributed by atoms with Gasteiger partial charge in [-0.2, -0.15) is 5.10 Å². The van der Waals surface area contributed by atoms with Crippen molar-refractivity contribution in [2.24, 2.45) is 0 Å². The number of rotatable bonds is 2. The first kappa shape index (κ1) is 10.1. The van der Waals surface area contributed by atoms with Crippen molar-refractivity contribution in [1.29, 1.82) is 0 Å². The molecule has 0 fully saturated rings. The summed E-state index contributed by atoms with van der Waals surface area (Å²) in [4.78, 5) is 0. The zero-order valence-electron chi connectivity index (χ0n) is 10.1. The number of aryl methyl sites for hydroxylation is 2. The number of benzene rings is 1. The van der Waals surface area contributed by atoms with Crippen molar-refractivity contribution in [3.8, 4) is 0 Å². The third-order valence-electron chi connectivity index (χ3n) is 3.26. The second-order valence-corrected chi connectivity index (χ2v) is 4.49. The largest absolute Gasteiger partial charge is 0.345 e. The molecule has 0 aliphatic rings. The average Bonchev–Trinajstić information content (AvgIpc) is 2.90. The predicted molar refractivity (Wildman–Crippen MR) is 69.1 cm³/mol. The molecule has 0 atom stereocenters. The van der Waals surface area contributed by atoms with Crippen LogP contribution in [0.4, 0.5) is 0 Å². The average molecular weight is 225 g/mol. The van der Waals surface area contributed by atoms with Gasteiger partial charge in [-0.3, -0.25) is 5.10 Å². The molecule has 3 rings (SSSR count). The van der Waals surface area contributed by atoms with Crippen molar-refractivity contribution < 1.29 is 0 Å². The van der Waals surface area contributed by atoms with Crippen LogP contribution in [0, 0.1) is 13.8 Å². The highest BCUT2D eigenvalue weighted by Gasteiger charge is 2.03. The Hall–Kier alpha value is -2.03. The number of hydrogen-bond acceptors (Lipinski definition) is 1. The monoisotopic (exact) mass is 225 g/mol. The van der Waals surface area contributed by atoms with Crippen molar-refractivity contribution in [2.75, 3.05) is 0 Å². The second kappa shape index (κ2) is 3.77. The third-order valence-corrected chi connectivity index (χ3v) is 3.26. The van der Waals surface area contributed by atoms with E-state index in [9.17, 15) is 0 Å². The van der Waals surface area contributed by atoms with Gasteiger partial charge >= 0.3 is 0 Å². The molecule has 17 heavy (non-hydrogen) atoms. The summed E-state index contributed by atoms with van der Waals surface area (Å²) in [7, 11) is 0. The summed E-state index contributed by atoms with van der Waals surface area (Å²) in [6.45, 7) is 5.20. The van der Waals surface area contributed by atoms with E-state index >= 15 is 0 Å². The van der Waals surface area contributed by atoms with Crippen LogP contribution in [0.15, 0.2) is 36.5 Å². The molecule has 2 heterocycles. The predicted octanol–water partition coefficient (Wildman–Crippen LogP) is 3.03. The number of aromatic amines is 1. The summed E-state index contributed by atoms with van der Waals surface area (Å²) in [5.41, 5.74) is 4.99. The summed E-state index contributed by atoms with van der Waals surface area (Å²) in [6.07, 6.45) is 1.85. The van der Waals surface area contributed by atoms with E-state index in [-0.39, 0.29) is 0 Å². The molecule has 3 aromatic rings. The highest BCUT2D eigenvalue weighted by Crippen LogP contribution is 2.16. The molecule has 0 aliphatic carbocycles. The summed E-state index contributed by atoms with van der Waals surface area (Å²) in [5.74, 6) is 0. The van der Waals surface area contributed by atoms with Crippen molar-refractivity contribution in [3.63, 3.8) is 0 Å². The van der Waals surface area contributed by atoms with E-state index in [0.29, 0.717) is 0 Å². The minimum absolute atomic E-state index is 0.916. The Labute approximate surface area is 100 Å². The lowest BCUT2D eigenvalue weighted by atomic mass is 10.1. The molecule has 0 radical (unpaired) electrons. The molecule has 0 unspecified atom stereocenters. The molecule has 0 saturated heterocycles. The maximum absolute atomic E-state index is 4.04. The molecule has 1 N–H and O–H groups in total. The van der Waals surface area contributed by atoms with Crippen molar-refractivity contribution >= 4 is 10.9 Å². The molecular weight excluding hydrogens is 210 g/mol. The summed E-state index contributed by atoms with van der Waals surface area (Å²) in [5, 5.41) is 8.21. The fraction of sp³-hybridized carbons (Fsp3) is 0.214. The Morgan fingerprint density at radius 3 is 2.65 bits per heavy atom. The van der Waals surface area contributed by atoms with Crippen LogP contribution in [0.5, 0.6) is 0 Å². The van der Waals surface area contributed by atoms with Crippen LogP contribution in [-0.2, 0) is 6.54 Å². The third kappa shape index (κ3) is 1.73. The van der Waals surface area contributed by atoms with Gasteiger partial charge in [0.1, 0.15) is 0 Å². The smallest absolute Gasteiger partial charge is 0.0653 e. The Morgan fingerprint density at radius 2 is 1.88 bits per heavy atom. The molecular formula is C14H15N3. The molecule has 86 valence electrons. The van der Waals surface area contributed by atoms with Crippen LogP contribution in [-0.4, -0.2) is 14.8 Å². The number of nitrogens with one attached hydrogen (secondary N) is 1. The molecule has 2 aromatic heterocycles. The fourth-order valence-corrected chi connectivity index (χ4v) is 2.21. The number of hydrogen-bond donors (Lipinski definition) is 1. The first-order valence-corrected chi connectivity index (χ1v) is 5.79. The Balaban J connectivity index is 1.99. The quantitative estimate of drug-likeness (QED) is 0.714. The van der Waals surface area contributed by atoms with Crippen LogP contribution >= 0.6 is 0 Å². The van der Waals surface area contributed by atoms with Gasteiger partial charge in [0.25, 0.3) is 0 Å². The second-order valence-electron chi connectivity index (χ2n) is 4.49. The van der Waals surface area contributed by atoms with Crippen LogP contribution in [0.3, 0.4) is 0 Å². The van der Waals surface area contributed by atoms with E-state index in [4.69, 9.17) is 0 Å². The van der Waals surface area contributed by atoms with E-state index in [1.807, 2.05) is 6.20 Å². The lowest BCUT2D eigenvalue weighted by molar-refractivity contribution is 0.750. The topological polar surface area (TPSA) is 33.6 Å². The molecule has 0 aliphatic heterocycles. The van der Waals surface area contributed by atoms with E-state index in [1.165, 1.54) is 17.0 Å². The molecule has 1 aromatic carbocycles. The zero-order chi connectivity index (χ0) is 11.8. The van der Waals surface area contributed by atoms with Crippen molar-refractivity contribution in [1.82, 2.24) is 14.8 Å². The van der Waals surface area contributed by atoms with Gasteiger partial charge in [-0.15, -0.1) is 0 Å². The SMILES string of the molecule is Cc1ccc(C)n1Cc1ccc2cn[nH]c2c1. The minimum atomic E-state index is 0.916. The van der Waals surface area contributed by atoms with Crippen molar-refractivity contribution in [3.05, 3.63) is 53.5 Å². The van der Waals surface area contributed by atoms with Crippen LogP contribution in [0.1, 0.15) is 17.0 Å². The highest BCUT2D eigenvalue weighted by atomic mass is 15.1. The van der Waals surface area contributed by atoms with E-state index in [2.05, 4.69) is 58.9 Å². The Bertz CT molecular complexity index is 641. The number of H-pyrrole nitrogens is 1. The maximum atomic E-state index is 4.04. The summed E-state index contributed by atoms with van der Waals surface area (Å²) < 4.78 is 2.32. The van der Waals surface area contributed by atoms with Gasteiger partial charge in [0.2, 0.25) is 0 Å². The lowest BCUT2D eigenvalue weighted by Crippen LogP contribution is -2.03. The van der Waals surface area contributed by atoms with E-state index < -0.39 is 0 Å². The molecule has 0 saturated carbocycles. The standard InChI is InChI=1S/C14H15N3/c1-10-3-4-11(2)17(10)9-12-5-6-13-8-15-16-14(13)7-12/h3-8H,9H2,1-2H3,(H,15,16). The Morgan fingerprint density at radius 1 is 1.12 bits per heavy atom. The van der Waals surface area contributed by atoms with Crippen LogP contribution in [0.2, 0.25) is 0 Å². The molecule has 0 bridgehead atoms. The van der Waals surface area contributed by atoms with Gasteiger partial charge in [-0.25, -0.2) is 0 Å². The summed E-state index contributed by atoms with van der Waals surface area (Å²) in [6, 6.07) is 10.8. The minimum Gasteiger partial charge on any atom is -0.345 e. The van der Waals surface area contributed by atoms with Gasteiger partial charge in [-0.05, 0) is 37.6 Å². The first-order chi connectivity index (χ1) is 8.24. The normalized spacial score (nSPS) is 11.2. The molecule has 3 heteroatoms. The van der Waals surface area contributed by atoms with Gasteiger partial charge in [-0.1, -0.05) is 12.1 Å². The van der Waals surface area contributed by atoms with Gasteiger partial charge < -0.3 is 4.57 Å². The number of fused-ring (bicyclic) bond motifs is 1. The van der Waals surface area contributed by atoms with Gasteiger partial charge in [0, 0.05) is 23.3 Å². The molecule has 0 spiro atoms. The van der Waals surface area contributed by atoms with Crippen molar-refractivity contribution in [2.45, 2.75) is 20.4 Å². The van der Waals surface area contributed by atoms with Gasteiger partial charge in [0.15, 0.2) is 0 Å². The van der Waals surface area contributed by atoms with E-state index in [1.54, 1.807) is 0 Å². The number of nitrogens with zero attached hydrogens (tertiary/aromatic N) is 2. The maximum Gasteiger partial charge on any atom is 0.0653 e. The van der Waals surface area contributed by atoms with Crippen LogP contribution in [0.25, 0.3) is 10.9 Å². The van der Waals surface area contributed by atoms with E-state index in [0.717, 1.165) is 17.4 Å². The highest BCUT2D eigenvalue weighted by molar-refractivity contribution is 5.78. The van der Waals surface area contributed by atoms with Crippen LogP contribution < -0.4 is 0 Å². The molecule has 0 amide bonds. The number of aromatic nitrogens is 3. The lowest BCUT2D eigenvalue weighted by Gasteiger charge is -2.09. The Kier molecular flexibility index (Phi) is 2.25.